The van der Waals surface area contributed by atoms with Gasteiger partial charge in [0.25, 0.3) is 5.91 Å². The van der Waals surface area contributed by atoms with Gasteiger partial charge in [0.05, 0.1) is 24.5 Å². The molecule has 6 nitrogen and oxygen atoms in total. The third kappa shape index (κ3) is 2.95. The maximum Gasteiger partial charge on any atom is 0.254 e. The average molecular weight is 349 g/mol. The van der Waals surface area contributed by atoms with Crippen LogP contribution in [0.15, 0.2) is 23.6 Å². The molecule has 1 aromatic carbocycles. The Hall–Kier alpha value is -2.32. The third-order valence-electron chi connectivity index (χ3n) is 3.25. The van der Waals surface area contributed by atoms with Gasteiger partial charge in [-0.2, -0.15) is 0 Å². The standard InChI is InChI=1S/C15H15N3O3S2/c1-16-13(19)9-4-5-22-14(9)18-15-17-12-10(21-3)6-8(20-2)7-11(12)23-15/h4-7H,1-3H3,(H,16,19)(H,17,18). The molecule has 3 rings (SSSR count). The Morgan fingerprint density at radius 1 is 1.26 bits per heavy atom. The first kappa shape index (κ1) is 15.6. The Morgan fingerprint density at radius 2 is 2.09 bits per heavy atom. The van der Waals surface area contributed by atoms with Gasteiger partial charge in [-0.3, -0.25) is 4.79 Å². The number of nitrogens with zero attached hydrogens (tertiary/aromatic N) is 1. The molecule has 0 saturated heterocycles. The van der Waals surface area contributed by atoms with Crippen LogP contribution in [0, 0.1) is 0 Å². The molecular weight excluding hydrogens is 334 g/mol. The van der Waals surface area contributed by atoms with Gasteiger partial charge in [0.1, 0.15) is 22.0 Å². The van der Waals surface area contributed by atoms with Crippen LogP contribution in [0.2, 0.25) is 0 Å². The van der Waals surface area contributed by atoms with Crippen LogP contribution in [0.25, 0.3) is 10.2 Å². The number of nitrogens with one attached hydrogen (secondary N) is 2. The van der Waals surface area contributed by atoms with Gasteiger partial charge in [-0.15, -0.1) is 11.3 Å². The molecule has 0 spiro atoms. The second-order valence-corrected chi connectivity index (χ2v) is 6.51. The fourth-order valence-corrected chi connectivity index (χ4v) is 3.88. The van der Waals surface area contributed by atoms with E-state index in [9.17, 15) is 4.79 Å². The molecule has 2 aromatic heterocycles. The van der Waals surface area contributed by atoms with Crippen molar-refractivity contribution >= 4 is 48.9 Å². The lowest BCUT2D eigenvalue weighted by Gasteiger charge is -2.04. The summed E-state index contributed by atoms with van der Waals surface area (Å²) in [6.45, 7) is 0. The molecule has 0 atom stereocenters. The maximum absolute atomic E-state index is 11.8. The highest BCUT2D eigenvalue weighted by molar-refractivity contribution is 7.22. The molecule has 0 radical (unpaired) electrons. The summed E-state index contributed by atoms with van der Waals surface area (Å²) in [6, 6.07) is 5.49. The van der Waals surface area contributed by atoms with Gasteiger partial charge in [0.2, 0.25) is 0 Å². The molecule has 1 amide bonds. The van der Waals surface area contributed by atoms with Crippen molar-refractivity contribution in [3.8, 4) is 11.5 Å². The molecule has 0 aliphatic heterocycles. The van der Waals surface area contributed by atoms with Crippen molar-refractivity contribution in [3.05, 3.63) is 29.1 Å². The van der Waals surface area contributed by atoms with E-state index >= 15 is 0 Å². The monoisotopic (exact) mass is 349 g/mol. The molecule has 8 heteroatoms. The lowest BCUT2D eigenvalue weighted by atomic mass is 10.3. The zero-order valence-electron chi connectivity index (χ0n) is 12.8. The highest BCUT2D eigenvalue weighted by atomic mass is 32.1. The molecule has 0 saturated carbocycles. The highest BCUT2D eigenvalue weighted by Gasteiger charge is 2.15. The van der Waals surface area contributed by atoms with Gasteiger partial charge >= 0.3 is 0 Å². The summed E-state index contributed by atoms with van der Waals surface area (Å²) in [7, 11) is 4.82. The molecule has 0 aliphatic rings. The number of ether oxygens (including phenoxy) is 2. The lowest BCUT2D eigenvalue weighted by Crippen LogP contribution is -2.17. The molecule has 23 heavy (non-hydrogen) atoms. The number of rotatable bonds is 5. The van der Waals surface area contributed by atoms with Gasteiger partial charge in [0, 0.05) is 13.1 Å². The first-order chi connectivity index (χ1) is 11.2. The van der Waals surface area contributed by atoms with Crippen molar-refractivity contribution in [2.75, 3.05) is 26.6 Å². The molecule has 2 N–H and O–H groups in total. The van der Waals surface area contributed by atoms with Gasteiger partial charge in [-0.1, -0.05) is 11.3 Å². The number of anilines is 2. The average Bonchev–Trinajstić information content (AvgIpc) is 3.19. The number of hydrogen-bond donors (Lipinski definition) is 2. The normalized spacial score (nSPS) is 10.6. The zero-order valence-corrected chi connectivity index (χ0v) is 14.4. The maximum atomic E-state index is 11.8. The predicted octanol–water partition coefficient (Wildman–Crippen LogP) is 3.48. The van der Waals surface area contributed by atoms with Crippen molar-refractivity contribution in [2.24, 2.45) is 0 Å². The Bertz CT molecular complexity index is 857. The van der Waals surface area contributed by atoms with Crippen LogP contribution >= 0.6 is 22.7 Å². The predicted molar refractivity (Wildman–Crippen MR) is 93.7 cm³/mol. The van der Waals surface area contributed by atoms with Gasteiger partial charge in [-0.05, 0) is 17.5 Å². The minimum atomic E-state index is -0.130. The topological polar surface area (TPSA) is 72.5 Å². The molecule has 120 valence electrons. The van der Waals surface area contributed by atoms with E-state index in [1.807, 2.05) is 11.4 Å². The van der Waals surface area contributed by atoms with E-state index < -0.39 is 0 Å². The summed E-state index contributed by atoms with van der Waals surface area (Å²) >= 11 is 2.93. The SMILES string of the molecule is CNC(=O)c1ccsc1Nc1nc2c(OC)cc(OC)cc2s1. The van der Waals surface area contributed by atoms with Gasteiger partial charge in [0.15, 0.2) is 5.13 Å². The third-order valence-corrected chi connectivity index (χ3v) is 4.99. The van der Waals surface area contributed by atoms with Crippen LogP contribution in [0.5, 0.6) is 11.5 Å². The Kier molecular flexibility index (Phi) is 4.35. The van der Waals surface area contributed by atoms with Crippen molar-refractivity contribution in [3.63, 3.8) is 0 Å². The minimum Gasteiger partial charge on any atom is -0.497 e. The Labute approximate surface area is 141 Å². The molecule has 0 bridgehead atoms. The number of aromatic nitrogens is 1. The first-order valence-corrected chi connectivity index (χ1v) is 8.45. The highest BCUT2D eigenvalue weighted by Crippen LogP contribution is 2.38. The van der Waals surface area contributed by atoms with Crippen LogP contribution < -0.4 is 20.1 Å². The minimum absolute atomic E-state index is 0.130. The van der Waals surface area contributed by atoms with E-state index in [0.717, 1.165) is 15.2 Å². The quantitative estimate of drug-likeness (QED) is 0.738. The molecule has 3 aromatic rings. The molecule has 0 unspecified atom stereocenters. The van der Waals surface area contributed by atoms with Crippen molar-refractivity contribution in [1.29, 1.82) is 0 Å². The number of carbonyl (C=O) groups is 1. The van der Waals surface area contributed by atoms with Crippen molar-refractivity contribution < 1.29 is 14.3 Å². The summed E-state index contributed by atoms with van der Waals surface area (Å²) in [4.78, 5) is 16.4. The first-order valence-electron chi connectivity index (χ1n) is 6.75. The van der Waals surface area contributed by atoms with E-state index in [2.05, 4.69) is 15.6 Å². The number of hydrogen-bond acceptors (Lipinski definition) is 7. The summed E-state index contributed by atoms with van der Waals surface area (Å²) < 4.78 is 11.6. The smallest absolute Gasteiger partial charge is 0.254 e. The zero-order chi connectivity index (χ0) is 16.4. The molecule has 0 aliphatic carbocycles. The van der Waals surface area contributed by atoms with E-state index in [0.29, 0.717) is 22.2 Å². The number of amides is 1. The second kappa shape index (κ2) is 6.43. The Morgan fingerprint density at radius 3 is 2.78 bits per heavy atom. The van der Waals surface area contributed by atoms with Crippen LogP contribution in [0.1, 0.15) is 10.4 Å². The molecule has 2 heterocycles. The Balaban J connectivity index is 1.98. The van der Waals surface area contributed by atoms with Crippen molar-refractivity contribution in [2.45, 2.75) is 0 Å². The van der Waals surface area contributed by atoms with Crippen LogP contribution in [0.4, 0.5) is 10.1 Å². The summed E-state index contributed by atoms with van der Waals surface area (Å²) in [6.07, 6.45) is 0. The number of carbonyl (C=O) groups excluding carboxylic acids is 1. The molecular formula is C15H15N3O3S2. The molecule has 0 fully saturated rings. The number of fused-ring (bicyclic) bond motifs is 1. The van der Waals surface area contributed by atoms with Crippen LogP contribution in [0.3, 0.4) is 0 Å². The van der Waals surface area contributed by atoms with E-state index in [1.165, 1.54) is 22.7 Å². The van der Waals surface area contributed by atoms with E-state index in [1.54, 1.807) is 33.4 Å². The lowest BCUT2D eigenvalue weighted by molar-refractivity contribution is 0.0964. The van der Waals surface area contributed by atoms with Crippen LogP contribution in [-0.4, -0.2) is 32.2 Å². The summed E-state index contributed by atoms with van der Waals surface area (Å²) in [5, 5.41) is 9.16. The number of methoxy groups -OCH3 is 2. The number of benzene rings is 1. The largest absolute Gasteiger partial charge is 0.497 e. The number of thiophene rings is 1. The fraction of sp³-hybridized carbons (Fsp3) is 0.200. The second-order valence-electron chi connectivity index (χ2n) is 4.56. The van der Waals surface area contributed by atoms with E-state index in [4.69, 9.17) is 9.47 Å². The van der Waals surface area contributed by atoms with Gasteiger partial charge < -0.3 is 20.1 Å². The summed E-state index contributed by atoms with van der Waals surface area (Å²) in [5.74, 6) is 1.24. The fourth-order valence-electron chi connectivity index (χ4n) is 2.12. The van der Waals surface area contributed by atoms with E-state index in [-0.39, 0.29) is 5.91 Å². The number of thiazole rings is 1. The van der Waals surface area contributed by atoms with Gasteiger partial charge in [-0.25, -0.2) is 4.98 Å². The summed E-state index contributed by atoms with van der Waals surface area (Å²) in [5.41, 5.74) is 1.36. The van der Waals surface area contributed by atoms with Crippen LogP contribution in [-0.2, 0) is 0 Å². The van der Waals surface area contributed by atoms with Crippen molar-refractivity contribution in [1.82, 2.24) is 10.3 Å².